The van der Waals surface area contributed by atoms with E-state index in [-0.39, 0.29) is 0 Å². The summed E-state index contributed by atoms with van der Waals surface area (Å²) in [6.45, 7) is 10.6. The fourth-order valence-corrected chi connectivity index (χ4v) is 2.07. The highest BCUT2D eigenvalue weighted by Gasteiger charge is 2.21. The van der Waals surface area contributed by atoms with Crippen LogP contribution in [0.15, 0.2) is 17.1 Å². The van der Waals surface area contributed by atoms with Crippen molar-refractivity contribution in [3.05, 3.63) is 12.2 Å². The second-order valence-corrected chi connectivity index (χ2v) is 4.93. The second kappa shape index (κ2) is 5.33. The van der Waals surface area contributed by atoms with Gasteiger partial charge in [0, 0.05) is 6.21 Å². The van der Waals surface area contributed by atoms with Gasteiger partial charge in [-0.25, -0.2) is 0 Å². The summed E-state index contributed by atoms with van der Waals surface area (Å²) in [5.41, 5.74) is 1.06. The molecule has 1 fully saturated rings. The Kier molecular flexibility index (Phi) is 4.37. The van der Waals surface area contributed by atoms with Crippen LogP contribution in [0.25, 0.3) is 0 Å². The van der Waals surface area contributed by atoms with Crippen molar-refractivity contribution in [2.45, 2.75) is 52.5 Å². The third-order valence-corrected chi connectivity index (χ3v) is 3.21. The molecule has 80 valence electrons. The maximum absolute atomic E-state index is 4.63. The Hall–Kier alpha value is -0.590. The number of aliphatic imine (C=N–C) groups is 1. The first-order chi connectivity index (χ1) is 6.59. The van der Waals surface area contributed by atoms with E-state index in [1.54, 1.807) is 0 Å². The molecular formula is C13H23N. The predicted molar refractivity (Wildman–Crippen MR) is 63.9 cm³/mol. The van der Waals surface area contributed by atoms with E-state index in [9.17, 15) is 0 Å². The van der Waals surface area contributed by atoms with Crippen LogP contribution in [0.4, 0.5) is 0 Å². The minimum absolute atomic E-state index is 0.539. The molecular weight excluding hydrogens is 170 g/mol. The van der Waals surface area contributed by atoms with Crippen LogP contribution < -0.4 is 0 Å². The van der Waals surface area contributed by atoms with E-state index >= 15 is 0 Å². The van der Waals surface area contributed by atoms with Crippen molar-refractivity contribution in [1.29, 1.82) is 0 Å². The Morgan fingerprint density at radius 2 is 1.86 bits per heavy atom. The molecule has 0 bridgehead atoms. The molecule has 0 aliphatic heterocycles. The van der Waals surface area contributed by atoms with Crippen LogP contribution in [0.2, 0.25) is 0 Å². The largest absolute Gasteiger partial charge is 0.289 e. The number of hydrogen-bond donors (Lipinski definition) is 0. The van der Waals surface area contributed by atoms with Crippen molar-refractivity contribution in [3.63, 3.8) is 0 Å². The molecule has 1 aliphatic rings. The molecule has 0 amide bonds. The topological polar surface area (TPSA) is 12.4 Å². The highest BCUT2D eigenvalue weighted by Crippen LogP contribution is 2.28. The molecule has 1 saturated carbocycles. The Labute approximate surface area is 88.3 Å². The first-order valence-corrected chi connectivity index (χ1v) is 5.78. The van der Waals surface area contributed by atoms with Gasteiger partial charge in [0.15, 0.2) is 0 Å². The number of nitrogens with zero attached hydrogens (tertiary/aromatic N) is 1. The lowest BCUT2D eigenvalue weighted by atomic mass is 9.97. The molecule has 0 radical (unpaired) electrons. The Morgan fingerprint density at radius 3 is 2.50 bits per heavy atom. The maximum atomic E-state index is 4.63. The summed E-state index contributed by atoms with van der Waals surface area (Å²) >= 11 is 0. The van der Waals surface area contributed by atoms with Crippen molar-refractivity contribution in [3.8, 4) is 0 Å². The number of allylic oxidation sites excluding steroid dienone is 1. The molecule has 1 heteroatoms. The standard InChI is InChI=1S/C13H23N/c1-10(2)9-14-13-8-6-11(3)5-7-12(13)4/h9,11-13H,1,5-8H2,2-4H3/b14-9-/t11?,12-,13?/m1/s1. The summed E-state index contributed by atoms with van der Waals surface area (Å²) in [4.78, 5) is 4.63. The van der Waals surface area contributed by atoms with Gasteiger partial charge < -0.3 is 0 Å². The lowest BCUT2D eigenvalue weighted by Gasteiger charge is -2.16. The SMILES string of the molecule is C=C(C)/C=N\C1CCC(C)CC[C@H]1C. The third-order valence-electron chi connectivity index (χ3n) is 3.21. The van der Waals surface area contributed by atoms with Gasteiger partial charge in [0.2, 0.25) is 0 Å². The van der Waals surface area contributed by atoms with Gasteiger partial charge in [0.05, 0.1) is 6.04 Å². The molecule has 2 unspecified atom stereocenters. The molecule has 3 atom stereocenters. The maximum Gasteiger partial charge on any atom is 0.0525 e. The summed E-state index contributed by atoms with van der Waals surface area (Å²) in [7, 11) is 0. The van der Waals surface area contributed by atoms with Crippen LogP contribution in [-0.2, 0) is 0 Å². The van der Waals surface area contributed by atoms with Gasteiger partial charge in [0.1, 0.15) is 0 Å². The van der Waals surface area contributed by atoms with Gasteiger partial charge in [0.25, 0.3) is 0 Å². The molecule has 1 nitrogen and oxygen atoms in total. The van der Waals surface area contributed by atoms with E-state index in [0.29, 0.717) is 6.04 Å². The highest BCUT2D eigenvalue weighted by atomic mass is 14.8. The molecule has 0 aromatic carbocycles. The average Bonchev–Trinajstić information content (AvgIpc) is 2.27. The molecule has 0 spiro atoms. The Balaban J connectivity index is 2.53. The molecule has 1 rings (SSSR count). The van der Waals surface area contributed by atoms with Crippen LogP contribution in [-0.4, -0.2) is 12.3 Å². The smallest absolute Gasteiger partial charge is 0.0525 e. The Morgan fingerprint density at radius 1 is 1.21 bits per heavy atom. The second-order valence-electron chi connectivity index (χ2n) is 4.93. The molecule has 0 aromatic heterocycles. The first kappa shape index (κ1) is 11.5. The zero-order chi connectivity index (χ0) is 10.6. The van der Waals surface area contributed by atoms with Crippen molar-refractivity contribution >= 4 is 6.21 Å². The van der Waals surface area contributed by atoms with Gasteiger partial charge in [-0.3, -0.25) is 4.99 Å². The zero-order valence-electron chi connectivity index (χ0n) is 9.79. The summed E-state index contributed by atoms with van der Waals surface area (Å²) in [5, 5.41) is 0. The molecule has 0 aromatic rings. The molecule has 0 N–H and O–H groups in total. The minimum atomic E-state index is 0.539. The van der Waals surface area contributed by atoms with Gasteiger partial charge in [-0.05, 0) is 43.6 Å². The molecule has 0 saturated heterocycles. The summed E-state index contributed by atoms with van der Waals surface area (Å²) in [6, 6.07) is 0.539. The predicted octanol–water partition coefficient (Wildman–Crippen LogP) is 3.85. The van der Waals surface area contributed by atoms with E-state index in [1.807, 2.05) is 13.1 Å². The van der Waals surface area contributed by atoms with Gasteiger partial charge >= 0.3 is 0 Å². The van der Waals surface area contributed by atoms with Crippen LogP contribution in [0, 0.1) is 11.8 Å². The first-order valence-electron chi connectivity index (χ1n) is 5.78. The fourth-order valence-electron chi connectivity index (χ4n) is 2.07. The van der Waals surface area contributed by atoms with Crippen LogP contribution in [0.5, 0.6) is 0 Å². The van der Waals surface area contributed by atoms with E-state index in [1.165, 1.54) is 25.7 Å². The molecule has 1 aliphatic carbocycles. The van der Waals surface area contributed by atoms with Gasteiger partial charge in [-0.2, -0.15) is 0 Å². The summed E-state index contributed by atoms with van der Waals surface area (Å²) < 4.78 is 0. The highest BCUT2D eigenvalue weighted by molar-refractivity contribution is 5.76. The van der Waals surface area contributed by atoms with Crippen LogP contribution in [0.1, 0.15) is 46.5 Å². The number of rotatable bonds is 2. The fraction of sp³-hybridized carbons (Fsp3) is 0.769. The van der Waals surface area contributed by atoms with E-state index in [4.69, 9.17) is 0 Å². The molecule has 14 heavy (non-hydrogen) atoms. The Bertz CT molecular complexity index is 217. The third kappa shape index (κ3) is 3.65. The summed E-state index contributed by atoms with van der Waals surface area (Å²) in [6.07, 6.45) is 7.24. The van der Waals surface area contributed by atoms with Crippen molar-refractivity contribution in [1.82, 2.24) is 0 Å². The normalized spacial score (nSPS) is 34.4. The van der Waals surface area contributed by atoms with Gasteiger partial charge in [-0.15, -0.1) is 0 Å². The quantitative estimate of drug-likeness (QED) is 0.466. The monoisotopic (exact) mass is 193 g/mol. The zero-order valence-corrected chi connectivity index (χ0v) is 9.79. The van der Waals surface area contributed by atoms with E-state index in [0.717, 1.165) is 17.4 Å². The van der Waals surface area contributed by atoms with Crippen molar-refractivity contribution in [2.24, 2.45) is 16.8 Å². The number of hydrogen-bond acceptors (Lipinski definition) is 1. The molecule has 0 heterocycles. The lowest BCUT2D eigenvalue weighted by Crippen LogP contribution is -2.14. The lowest BCUT2D eigenvalue weighted by molar-refractivity contribution is 0.433. The van der Waals surface area contributed by atoms with Crippen LogP contribution >= 0.6 is 0 Å². The van der Waals surface area contributed by atoms with Crippen LogP contribution in [0.3, 0.4) is 0 Å². The minimum Gasteiger partial charge on any atom is -0.289 e. The summed E-state index contributed by atoms with van der Waals surface area (Å²) in [5.74, 6) is 1.64. The van der Waals surface area contributed by atoms with E-state index < -0.39 is 0 Å². The average molecular weight is 193 g/mol. The van der Waals surface area contributed by atoms with Crippen molar-refractivity contribution < 1.29 is 0 Å². The van der Waals surface area contributed by atoms with E-state index in [2.05, 4.69) is 25.4 Å². The van der Waals surface area contributed by atoms with Crippen molar-refractivity contribution in [2.75, 3.05) is 0 Å². The van der Waals surface area contributed by atoms with Gasteiger partial charge in [-0.1, -0.05) is 26.8 Å².